The highest BCUT2D eigenvalue weighted by atomic mass is 79.9. The Balaban J connectivity index is 1.49. The molecule has 106 valence electrons. The summed E-state index contributed by atoms with van der Waals surface area (Å²) in [4.78, 5) is 7.56. The van der Waals surface area contributed by atoms with Crippen LogP contribution in [0.2, 0.25) is 0 Å². The van der Waals surface area contributed by atoms with Crippen molar-refractivity contribution in [2.45, 2.75) is 50.6 Å². The lowest BCUT2D eigenvalue weighted by atomic mass is 9.79. The Morgan fingerprint density at radius 1 is 1.35 bits per heavy atom. The van der Waals surface area contributed by atoms with Crippen LogP contribution in [0, 0.1) is 0 Å². The first-order valence-electron chi connectivity index (χ1n) is 7.52. The molecule has 1 aliphatic heterocycles. The molecular weight excluding hydrogens is 332 g/mol. The minimum Gasteiger partial charge on any atom is -0.298 e. The van der Waals surface area contributed by atoms with E-state index in [4.69, 9.17) is 4.98 Å². The second kappa shape index (κ2) is 5.08. The van der Waals surface area contributed by atoms with E-state index in [1.165, 1.54) is 41.9 Å². The van der Waals surface area contributed by atoms with Gasteiger partial charge in [-0.3, -0.25) is 4.90 Å². The maximum atomic E-state index is 4.84. The van der Waals surface area contributed by atoms with E-state index in [9.17, 15) is 0 Å². The van der Waals surface area contributed by atoms with E-state index in [1.54, 1.807) is 0 Å². The molecule has 0 radical (unpaired) electrons. The molecule has 0 unspecified atom stereocenters. The highest BCUT2D eigenvalue weighted by Crippen LogP contribution is 2.44. The van der Waals surface area contributed by atoms with Gasteiger partial charge in [-0.25, -0.2) is 4.98 Å². The van der Waals surface area contributed by atoms with Gasteiger partial charge >= 0.3 is 0 Å². The van der Waals surface area contributed by atoms with Crippen LogP contribution in [0.15, 0.2) is 22.7 Å². The first kappa shape index (κ1) is 13.2. The molecule has 4 rings (SSSR count). The average molecular weight is 351 g/mol. The predicted molar refractivity (Wildman–Crippen MR) is 88.5 cm³/mol. The average Bonchev–Trinajstić information content (AvgIpc) is 2.94. The number of nitrogens with zero attached hydrogens (tertiary/aromatic N) is 2. The molecule has 0 bridgehead atoms. The van der Waals surface area contributed by atoms with Crippen LogP contribution in [0.5, 0.6) is 0 Å². The van der Waals surface area contributed by atoms with E-state index >= 15 is 0 Å². The standard InChI is InChI=1S/C16H19BrN2S/c1-10-3-2-6-19(10)13-7-11(8-13)16-18-14-5-4-12(17)9-15(14)20-16/h4-5,9-11,13H,2-3,6-8H2,1H3/t10-,11-,13-/m0/s1. The molecule has 0 N–H and O–H groups in total. The maximum absolute atomic E-state index is 4.84. The van der Waals surface area contributed by atoms with Crippen molar-refractivity contribution < 1.29 is 0 Å². The van der Waals surface area contributed by atoms with Crippen LogP contribution >= 0.6 is 27.3 Å². The number of hydrogen-bond donors (Lipinski definition) is 0. The zero-order chi connectivity index (χ0) is 13.7. The monoisotopic (exact) mass is 350 g/mol. The molecule has 2 heterocycles. The number of fused-ring (bicyclic) bond motifs is 1. The van der Waals surface area contributed by atoms with Crippen molar-refractivity contribution in [2.24, 2.45) is 0 Å². The first-order chi connectivity index (χ1) is 9.70. The fourth-order valence-corrected chi connectivity index (χ4v) is 5.29. The van der Waals surface area contributed by atoms with Crippen molar-refractivity contribution >= 4 is 37.5 Å². The Morgan fingerprint density at radius 2 is 2.20 bits per heavy atom. The summed E-state index contributed by atoms with van der Waals surface area (Å²) in [6.07, 6.45) is 5.39. The lowest BCUT2D eigenvalue weighted by molar-refractivity contribution is 0.103. The maximum Gasteiger partial charge on any atom is 0.0970 e. The summed E-state index contributed by atoms with van der Waals surface area (Å²) in [6.45, 7) is 3.70. The van der Waals surface area contributed by atoms with Crippen molar-refractivity contribution in [1.82, 2.24) is 9.88 Å². The van der Waals surface area contributed by atoms with Gasteiger partial charge in [0.1, 0.15) is 0 Å². The number of hydrogen-bond acceptors (Lipinski definition) is 3. The molecule has 1 atom stereocenters. The van der Waals surface area contributed by atoms with Crippen LogP contribution in [0.25, 0.3) is 10.2 Å². The van der Waals surface area contributed by atoms with E-state index in [0.29, 0.717) is 5.92 Å². The van der Waals surface area contributed by atoms with Crippen LogP contribution in [-0.2, 0) is 0 Å². The molecule has 1 saturated carbocycles. The van der Waals surface area contributed by atoms with Gasteiger partial charge in [-0.1, -0.05) is 15.9 Å². The normalized spacial score (nSPS) is 30.8. The van der Waals surface area contributed by atoms with Gasteiger partial charge in [0.15, 0.2) is 0 Å². The molecule has 2 aromatic rings. The van der Waals surface area contributed by atoms with Crippen LogP contribution < -0.4 is 0 Å². The summed E-state index contributed by atoms with van der Waals surface area (Å²) in [5.41, 5.74) is 1.16. The SMILES string of the molecule is C[C@H]1CCCN1[C@H]1C[C@H](c2nc3ccc(Br)cc3s2)C1. The van der Waals surface area contributed by atoms with Crippen molar-refractivity contribution in [3.63, 3.8) is 0 Å². The fourth-order valence-electron chi connectivity index (χ4n) is 3.65. The molecular formula is C16H19BrN2S. The van der Waals surface area contributed by atoms with Gasteiger partial charge in [-0.05, 0) is 57.4 Å². The molecule has 0 amide bonds. The summed E-state index contributed by atoms with van der Waals surface area (Å²) in [5, 5.41) is 1.35. The van der Waals surface area contributed by atoms with Crippen LogP contribution in [-0.4, -0.2) is 28.5 Å². The molecule has 1 aliphatic carbocycles. The molecule has 20 heavy (non-hydrogen) atoms. The molecule has 2 fully saturated rings. The number of rotatable bonds is 2. The van der Waals surface area contributed by atoms with Gasteiger partial charge in [0, 0.05) is 22.5 Å². The van der Waals surface area contributed by atoms with Crippen LogP contribution in [0.3, 0.4) is 0 Å². The largest absolute Gasteiger partial charge is 0.298 e. The lowest BCUT2D eigenvalue weighted by Crippen LogP contribution is -2.45. The van der Waals surface area contributed by atoms with E-state index in [0.717, 1.165) is 22.1 Å². The number of benzene rings is 1. The third-order valence-electron chi connectivity index (χ3n) is 4.90. The molecule has 4 heteroatoms. The molecule has 1 saturated heterocycles. The van der Waals surface area contributed by atoms with Crippen LogP contribution in [0.1, 0.15) is 43.5 Å². The zero-order valence-electron chi connectivity index (χ0n) is 11.7. The van der Waals surface area contributed by atoms with Gasteiger partial charge in [-0.15, -0.1) is 11.3 Å². The minimum absolute atomic E-state index is 0.698. The molecule has 2 nitrogen and oxygen atoms in total. The Labute approximate surface area is 132 Å². The van der Waals surface area contributed by atoms with E-state index in [2.05, 4.69) is 46.0 Å². The molecule has 2 aliphatic rings. The molecule has 1 aromatic carbocycles. The van der Waals surface area contributed by atoms with Crippen molar-refractivity contribution in [1.29, 1.82) is 0 Å². The topological polar surface area (TPSA) is 16.1 Å². The summed E-state index contributed by atoms with van der Waals surface area (Å²) in [7, 11) is 0. The summed E-state index contributed by atoms with van der Waals surface area (Å²) >= 11 is 5.42. The summed E-state index contributed by atoms with van der Waals surface area (Å²) < 4.78 is 2.46. The van der Waals surface area contributed by atoms with Gasteiger partial charge in [0.05, 0.1) is 15.2 Å². The van der Waals surface area contributed by atoms with Gasteiger partial charge in [0.25, 0.3) is 0 Å². The van der Waals surface area contributed by atoms with Crippen LogP contribution in [0.4, 0.5) is 0 Å². The zero-order valence-corrected chi connectivity index (χ0v) is 14.1. The predicted octanol–water partition coefficient (Wildman–Crippen LogP) is 4.79. The quantitative estimate of drug-likeness (QED) is 0.773. The third-order valence-corrected chi connectivity index (χ3v) is 6.58. The number of aromatic nitrogens is 1. The van der Waals surface area contributed by atoms with Crippen molar-refractivity contribution in [3.05, 3.63) is 27.7 Å². The fraction of sp³-hybridized carbons (Fsp3) is 0.562. The van der Waals surface area contributed by atoms with Crippen molar-refractivity contribution in [2.75, 3.05) is 6.54 Å². The first-order valence-corrected chi connectivity index (χ1v) is 9.13. The Hall–Kier alpha value is -0.450. The van der Waals surface area contributed by atoms with Crippen molar-refractivity contribution in [3.8, 4) is 0 Å². The molecule has 1 aromatic heterocycles. The highest BCUT2D eigenvalue weighted by molar-refractivity contribution is 9.10. The minimum atomic E-state index is 0.698. The Bertz CT molecular complexity index is 632. The third kappa shape index (κ3) is 2.22. The van der Waals surface area contributed by atoms with Gasteiger partial charge < -0.3 is 0 Å². The molecule has 0 spiro atoms. The second-order valence-electron chi connectivity index (χ2n) is 6.22. The summed E-state index contributed by atoms with van der Waals surface area (Å²) in [6, 6.07) is 8.01. The Kier molecular flexibility index (Phi) is 3.36. The van der Waals surface area contributed by atoms with E-state index in [-0.39, 0.29) is 0 Å². The van der Waals surface area contributed by atoms with Gasteiger partial charge in [-0.2, -0.15) is 0 Å². The second-order valence-corrected chi connectivity index (χ2v) is 8.19. The Morgan fingerprint density at radius 3 is 2.95 bits per heavy atom. The van der Waals surface area contributed by atoms with Gasteiger partial charge in [0.2, 0.25) is 0 Å². The highest BCUT2D eigenvalue weighted by Gasteiger charge is 2.39. The van der Waals surface area contributed by atoms with E-state index in [1.807, 2.05) is 11.3 Å². The van der Waals surface area contributed by atoms with E-state index < -0.39 is 0 Å². The smallest absolute Gasteiger partial charge is 0.0970 e. The number of thiazole rings is 1. The number of halogens is 1. The number of likely N-dealkylation sites (tertiary alicyclic amines) is 1. The lowest BCUT2D eigenvalue weighted by Gasteiger charge is -2.42. The summed E-state index contributed by atoms with van der Waals surface area (Å²) in [5.74, 6) is 0.698.